The molecule has 0 saturated carbocycles. The molecule has 0 spiro atoms. The van der Waals surface area contributed by atoms with Gasteiger partial charge in [0.2, 0.25) is 0 Å². The zero-order valence-corrected chi connectivity index (χ0v) is 10.9. The largest absolute Gasteiger partial charge is 0.481 e. The number of aliphatic hydroxyl groups excluding tert-OH is 1. The highest BCUT2D eigenvalue weighted by molar-refractivity contribution is 5.66. The van der Waals surface area contributed by atoms with E-state index in [1.807, 2.05) is 31.0 Å². The van der Waals surface area contributed by atoms with Gasteiger partial charge in [0.05, 0.1) is 6.10 Å². The summed E-state index contributed by atoms with van der Waals surface area (Å²) >= 11 is 0. The van der Waals surface area contributed by atoms with Crippen LogP contribution in [0, 0.1) is 6.92 Å². The summed E-state index contributed by atoms with van der Waals surface area (Å²) in [7, 11) is 1.90. The van der Waals surface area contributed by atoms with Gasteiger partial charge in [-0.05, 0) is 32.5 Å². The monoisotopic (exact) mass is 255 g/mol. The summed E-state index contributed by atoms with van der Waals surface area (Å²) in [6.07, 6.45) is 0.492. The van der Waals surface area contributed by atoms with Crippen LogP contribution in [0.25, 0.3) is 0 Å². The molecule has 1 aromatic heterocycles. The molecule has 2 N–H and O–H groups in total. The van der Waals surface area contributed by atoms with E-state index >= 15 is 0 Å². The average molecular weight is 255 g/mol. The Balaban J connectivity index is 2.20. The van der Waals surface area contributed by atoms with Crippen molar-refractivity contribution in [3.63, 3.8) is 0 Å². The van der Waals surface area contributed by atoms with E-state index in [9.17, 15) is 9.90 Å². The van der Waals surface area contributed by atoms with E-state index in [1.54, 1.807) is 0 Å². The Hall–Kier alpha value is -1.33. The third-order valence-corrected chi connectivity index (χ3v) is 2.75. The van der Waals surface area contributed by atoms with Gasteiger partial charge in [0.15, 0.2) is 0 Å². The van der Waals surface area contributed by atoms with Crippen molar-refractivity contribution in [2.24, 2.45) is 0 Å². The molecule has 1 unspecified atom stereocenters. The van der Waals surface area contributed by atoms with Crippen LogP contribution in [0.4, 0.5) is 0 Å². The predicted molar refractivity (Wildman–Crippen MR) is 67.5 cm³/mol. The smallest absolute Gasteiger partial charge is 0.303 e. The average Bonchev–Trinajstić information content (AvgIpc) is 2.70. The zero-order valence-electron chi connectivity index (χ0n) is 10.9. The lowest BCUT2D eigenvalue weighted by molar-refractivity contribution is -0.137. The number of carboxylic acid groups (broad SMARTS) is 1. The Morgan fingerprint density at radius 1 is 1.50 bits per heavy atom. The van der Waals surface area contributed by atoms with Crippen molar-refractivity contribution < 1.29 is 19.4 Å². The molecule has 0 aliphatic rings. The van der Waals surface area contributed by atoms with Gasteiger partial charge in [-0.3, -0.25) is 4.79 Å². The molecule has 0 radical (unpaired) electrons. The van der Waals surface area contributed by atoms with E-state index in [1.165, 1.54) is 0 Å². The standard InChI is InChI=1S/C13H21NO4/c1-10-3-5-12(18-10)7-8-14(2)9-11(15)4-6-13(16)17/h3,5,11,15H,4,6-9H2,1-2H3,(H,16,17). The van der Waals surface area contributed by atoms with Crippen molar-refractivity contribution in [2.45, 2.75) is 32.3 Å². The summed E-state index contributed by atoms with van der Waals surface area (Å²) in [6, 6.07) is 3.88. The summed E-state index contributed by atoms with van der Waals surface area (Å²) in [5.41, 5.74) is 0. The first-order valence-corrected chi connectivity index (χ1v) is 6.11. The normalized spacial score (nSPS) is 12.9. The Morgan fingerprint density at radius 3 is 2.78 bits per heavy atom. The molecule has 0 aromatic carbocycles. The van der Waals surface area contributed by atoms with Crippen LogP contribution in [0.2, 0.25) is 0 Å². The van der Waals surface area contributed by atoms with Gasteiger partial charge >= 0.3 is 5.97 Å². The molecule has 18 heavy (non-hydrogen) atoms. The number of likely N-dealkylation sites (N-methyl/N-ethyl adjacent to an activating group) is 1. The number of aliphatic hydroxyl groups is 1. The molecule has 0 bridgehead atoms. The minimum Gasteiger partial charge on any atom is -0.481 e. The second kappa shape index (κ2) is 7.18. The van der Waals surface area contributed by atoms with Crippen LogP contribution in [0.1, 0.15) is 24.4 Å². The molecule has 102 valence electrons. The molecule has 5 heteroatoms. The van der Waals surface area contributed by atoms with Crippen molar-refractivity contribution in [2.75, 3.05) is 20.1 Å². The minimum atomic E-state index is -0.872. The van der Waals surface area contributed by atoms with Crippen LogP contribution in [0.15, 0.2) is 16.5 Å². The summed E-state index contributed by atoms with van der Waals surface area (Å²) in [5.74, 6) is 0.955. The number of aryl methyl sites for hydroxylation is 1. The lowest BCUT2D eigenvalue weighted by Gasteiger charge is -2.19. The van der Waals surface area contributed by atoms with E-state index in [0.717, 1.165) is 24.5 Å². The van der Waals surface area contributed by atoms with E-state index in [4.69, 9.17) is 9.52 Å². The van der Waals surface area contributed by atoms with E-state index < -0.39 is 12.1 Å². The van der Waals surface area contributed by atoms with Crippen LogP contribution in [0.3, 0.4) is 0 Å². The number of carbonyl (C=O) groups is 1. The maximum Gasteiger partial charge on any atom is 0.303 e. The fourth-order valence-electron chi connectivity index (χ4n) is 1.75. The van der Waals surface area contributed by atoms with E-state index in [-0.39, 0.29) is 6.42 Å². The summed E-state index contributed by atoms with van der Waals surface area (Å²) in [4.78, 5) is 12.3. The van der Waals surface area contributed by atoms with Crippen molar-refractivity contribution in [1.82, 2.24) is 4.90 Å². The molecule has 0 aliphatic heterocycles. The molecular formula is C13H21NO4. The number of rotatable bonds is 8. The van der Waals surface area contributed by atoms with Crippen molar-refractivity contribution in [3.05, 3.63) is 23.7 Å². The second-order valence-electron chi connectivity index (χ2n) is 4.61. The first kappa shape index (κ1) is 14.7. The lowest BCUT2D eigenvalue weighted by Crippen LogP contribution is -2.31. The van der Waals surface area contributed by atoms with Crippen LogP contribution < -0.4 is 0 Å². The zero-order chi connectivity index (χ0) is 13.5. The number of hydrogen-bond acceptors (Lipinski definition) is 4. The topological polar surface area (TPSA) is 73.9 Å². The summed E-state index contributed by atoms with van der Waals surface area (Å²) in [5, 5.41) is 18.2. The Kier molecular flexibility index (Phi) is 5.88. The summed E-state index contributed by atoms with van der Waals surface area (Å²) in [6.45, 7) is 3.16. The van der Waals surface area contributed by atoms with Crippen molar-refractivity contribution in [3.8, 4) is 0 Å². The molecule has 1 aromatic rings. The number of carboxylic acids is 1. The highest BCUT2D eigenvalue weighted by Crippen LogP contribution is 2.07. The van der Waals surface area contributed by atoms with Gasteiger partial charge in [-0.25, -0.2) is 0 Å². The molecular weight excluding hydrogens is 234 g/mol. The third kappa shape index (κ3) is 5.84. The van der Waals surface area contributed by atoms with E-state index in [2.05, 4.69) is 0 Å². The van der Waals surface area contributed by atoms with Crippen LogP contribution >= 0.6 is 0 Å². The first-order chi connectivity index (χ1) is 8.47. The Labute approximate surface area is 107 Å². The molecule has 5 nitrogen and oxygen atoms in total. The van der Waals surface area contributed by atoms with Gasteiger partial charge in [0.25, 0.3) is 0 Å². The quantitative estimate of drug-likeness (QED) is 0.732. The fourth-order valence-corrected chi connectivity index (χ4v) is 1.75. The maximum absolute atomic E-state index is 10.4. The third-order valence-electron chi connectivity index (χ3n) is 2.75. The van der Waals surface area contributed by atoms with Gasteiger partial charge in [-0.1, -0.05) is 0 Å². The molecule has 1 heterocycles. The SMILES string of the molecule is Cc1ccc(CCN(C)CC(O)CCC(=O)O)o1. The number of aliphatic carboxylic acids is 1. The van der Waals surface area contributed by atoms with Gasteiger partial charge < -0.3 is 19.5 Å². The Morgan fingerprint density at radius 2 is 2.22 bits per heavy atom. The maximum atomic E-state index is 10.4. The number of nitrogens with zero attached hydrogens (tertiary/aromatic N) is 1. The van der Waals surface area contributed by atoms with Gasteiger partial charge in [0.1, 0.15) is 11.5 Å². The van der Waals surface area contributed by atoms with E-state index in [0.29, 0.717) is 13.0 Å². The fraction of sp³-hybridized carbons (Fsp3) is 0.615. The van der Waals surface area contributed by atoms with Gasteiger partial charge in [-0.2, -0.15) is 0 Å². The first-order valence-electron chi connectivity index (χ1n) is 6.11. The molecule has 0 fully saturated rings. The number of hydrogen-bond donors (Lipinski definition) is 2. The summed E-state index contributed by atoms with van der Waals surface area (Å²) < 4.78 is 5.45. The van der Waals surface area contributed by atoms with Crippen LogP contribution in [0.5, 0.6) is 0 Å². The second-order valence-corrected chi connectivity index (χ2v) is 4.61. The highest BCUT2D eigenvalue weighted by atomic mass is 16.4. The number of furan rings is 1. The van der Waals surface area contributed by atoms with Crippen LogP contribution in [-0.2, 0) is 11.2 Å². The highest BCUT2D eigenvalue weighted by Gasteiger charge is 2.10. The molecule has 0 aliphatic carbocycles. The minimum absolute atomic E-state index is 0.00633. The molecule has 0 saturated heterocycles. The van der Waals surface area contributed by atoms with Gasteiger partial charge in [0, 0.05) is 25.9 Å². The van der Waals surface area contributed by atoms with Gasteiger partial charge in [-0.15, -0.1) is 0 Å². The molecule has 1 rings (SSSR count). The predicted octanol–water partition coefficient (Wildman–Crippen LogP) is 1.29. The molecule has 0 amide bonds. The lowest BCUT2D eigenvalue weighted by atomic mass is 10.2. The van der Waals surface area contributed by atoms with Crippen molar-refractivity contribution >= 4 is 5.97 Å². The Bertz CT molecular complexity index is 375. The molecule has 1 atom stereocenters. The van der Waals surface area contributed by atoms with Crippen molar-refractivity contribution in [1.29, 1.82) is 0 Å². The van der Waals surface area contributed by atoms with Crippen LogP contribution in [-0.4, -0.2) is 47.3 Å².